The highest BCUT2D eigenvalue weighted by Gasteiger charge is 2.17. The third kappa shape index (κ3) is 4.85. The number of nitrogens with zero attached hydrogens (tertiary/aromatic N) is 1. The van der Waals surface area contributed by atoms with E-state index in [1.165, 1.54) is 6.42 Å². The number of amides is 2. The van der Waals surface area contributed by atoms with Crippen LogP contribution in [0.2, 0.25) is 0 Å². The molecule has 1 aliphatic heterocycles. The molecule has 0 spiro atoms. The number of anilines is 2. The zero-order chi connectivity index (χ0) is 18.4. The number of carbonyl (C=O) groups excluding carboxylic acids is 2. The van der Waals surface area contributed by atoms with Crippen molar-refractivity contribution in [1.29, 1.82) is 0 Å². The fraction of sp³-hybridized carbons (Fsp3) is 0.333. The minimum Gasteiger partial charge on any atom is -0.376 e. The summed E-state index contributed by atoms with van der Waals surface area (Å²) in [5.74, 6) is -0.0506. The number of nitrogens with one attached hydrogen (secondary N) is 2. The Balaban J connectivity index is 1.51. The van der Waals surface area contributed by atoms with Crippen LogP contribution in [0.25, 0.3) is 0 Å². The standard InChI is InChI=1S/C21H25N3O2/c1-16-6-5-7-19(14-16)22-15-20(25)23-18-10-8-17(9-11-18)21(26)24-12-3-2-4-13-24/h5-11,14,22H,2-4,12-13,15H2,1H3,(H,23,25). The number of likely N-dealkylation sites (tertiary alicyclic amines) is 1. The van der Waals surface area contributed by atoms with E-state index in [2.05, 4.69) is 10.6 Å². The number of carbonyl (C=O) groups is 2. The maximum atomic E-state index is 12.4. The van der Waals surface area contributed by atoms with Gasteiger partial charge in [0.15, 0.2) is 0 Å². The third-order valence-corrected chi connectivity index (χ3v) is 4.53. The fourth-order valence-corrected chi connectivity index (χ4v) is 3.12. The lowest BCUT2D eigenvalue weighted by atomic mass is 10.1. The molecule has 2 aromatic carbocycles. The predicted octanol–water partition coefficient (Wildman–Crippen LogP) is 3.67. The second-order valence-electron chi connectivity index (χ2n) is 6.70. The molecule has 0 radical (unpaired) electrons. The molecule has 3 rings (SSSR count). The van der Waals surface area contributed by atoms with Gasteiger partial charge in [0.1, 0.15) is 0 Å². The quantitative estimate of drug-likeness (QED) is 0.864. The maximum Gasteiger partial charge on any atom is 0.253 e. The largest absolute Gasteiger partial charge is 0.376 e. The van der Waals surface area contributed by atoms with Crippen LogP contribution in [-0.2, 0) is 4.79 Å². The monoisotopic (exact) mass is 351 g/mol. The van der Waals surface area contributed by atoms with Crippen LogP contribution < -0.4 is 10.6 Å². The van der Waals surface area contributed by atoms with E-state index in [4.69, 9.17) is 0 Å². The van der Waals surface area contributed by atoms with Crippen molar-refractivity contribution in [2.24, 2.45) is 0 Å². The second kappa shape index (κ2) is 8.52. The van der Waals surface area contributed by atoms with Crippen molar-refractivity contribution in [2.45, 2.75) is 26.2 Å². The molecule has 2 aromatic rings. The average Bonchev–Trinajstić information content (AvgIpc) is 2.67. The van der Waals surface area contributed by atoms with E-state index in [0.717, 1.165) is 37.2 Å². The summed E-state index contributed by atoms with van der Waals surface area (Å²) < 4.78 is 0. The Morgan fingerprint density at radius 2 is 1.69 bits per heavy atom. The van der Waals surface area contributed by atoms with Crippen molar-refractivity contribution >= 4 is 23.2 Å². The summed E-state index contributed by atoms with van der Waals surface area (Å²) >= 11 is 0. The molecule has 0 aromatic heterocycles. The molecule has 2 amide bonds. The van der Waals surface area contributed by atoms with E-state index >= 15 is 0 Å². The summed E-state index contributed by atoms with van der Waals surface area (Å²) in [5, 5.41) is 5.95. The van der Waals surface area contributed by atoms with E-state index in [1.807, 2.05) is 36.1 Å². The number of piperidine rings is 1. The first-order valence-corrected chi connectivity index (χ1v) is 9.11. The summed E-state index contributed by atoms with van der Waals surface area (Å²) in [6.07, 6.45) is 3.35. The van der Waals surface area contributed by atoms with Gasteiger partial charge < -0.3 is 15.5 Å². The summed E-state index contributed by atoms with van der Waals surface area (Å²) in [7, 11) is 0. The SMILES string of the molecule is Cc1cccc(NCC(=O)Nc2ccc(C(=O)N3CCCCC3)cc2)c1. The van der Waals surface area contributed by atoms with Crippen LogP contribution in [0.3, 0.4) is 0 Å². The molecule has 0 aliphatic carbocycles. The zero-order valence-electron chi connectivity index (χ0n) is 15.1. The molecule has 5 nitrogen and oxygen atoms in total. The van der Waals surface area contributed by atoms with Crippen LogP contribution in [0.15, 0.2) is 48.5 Å². The fourth-order valence-electron chi connectivity index (χ4n) is 3.12. The van der Waals surface area contributed by atoms with Gasteiger partial charge in [-0.2, -0.15) is 0 Å². The molecule has 0 unspecified atom stereocenters. The van der Waals surface area contributed by atoms with Gasteiger partial charge in [0.25, 0.3) is 5.91 Å². The molecule has 0 saturated carbocycles. The van der Waals surface area contributed by atoms with E-state index < -0.39 is 0 Å². The van der Waals surface area contributed by atoms with Gasteiger partial charge in [-0.1, -0.05) is 12.1 Å². The van der Waals surface area contributed by atoms with Crippen molar-refractivity contribution in [1.82, 2.24) is 4.90 Å². The molecule has 1 saturated heterocycles. The molecule has 1 heterocycles. The number of aryl methyl sites for hydroxylation is 1. The van der Waals surface area contributed by atoms with Crippen molar-refractivity contribution in [3.8, 4) is 0 Å². The van der Waals surface area contributed by atoms with Crippen LogP contribution in [0.5, 0.6) is 0 Å². The van der Waals surface area contributed by atoms with Crippen LogP contribution in [0.4, 0.5) is 11.4 Å². The lowest BCUT2D eigenvalue weighted by Crippen LogP contribution is -2.35. The Hall–Kier alpha value is -2.82. The third-order valence-electron chi connectivity index (χ3n) is 4.53. The smallest absolute Gasteiger partial charge is 0.253 e. The molecule has 0 bridgehead atoms. The van der Waals surface area contributed by atoms with E-state index in [0.29, 0.717) is 11.3 Å². The summed E-state index contributed by atoms with van der Waals surface area (Å²) in [6.45, 7) is 3.87. The molecule has 5 heteroatoms. The molecule has 136 valence electrons. The van der Waals surface area contributed by atoms with Crippen LogP contribution in [0, 0.1) is 6.92 Å². The van der Waals surface area contributed by atoms with E-state index in [9.17, 15) is 9.59 Å². The first-order chi connectivity index (χ1) is 12.6. The van der Waals surface area contributed by atoms with Crippen LogP contribution in [0.1, 0.15) is 35.2 Å². The Labute approximate surface area is 154 Å². The number of benzene rings is 2. The second-order valence-corrected chi connectivity index (χ2v) is 6.70. The van der Waals surface area contributed by atoms with Gasteiger partial charge in [-0.05, 0) is 68.1 Å². The first kappa shape index (κ1) is 18.0. The topological polar surface area (TPSA) is 61.4 Å². The lowest BCUT2D eigenvalue weighted by Gasteiger charge is -2.26. The van der Waals surface area contributed by atoms with Gasteiger partial charge in [0.2, 0.25) is 5.91 Å². The lowest BCUT2D eigenvalue weighted by molar-refractivity contribution is -0.114. The van der Waals surface area contributed by atoms with Gasteiger partial charge in [0, 0.05) is 30.0 Å². The molecule has 2 N–H and O–H groups in total. The molecule has 1 fully saturated rings. The van der Waals surface area contributed by atoms with Crippen molar-refractivity contribution < 1.29 is 9.59 Å². The average molecular weight is 351 g/mol. The molecule has 1 aliphatic rings. The minimum absolute atomic E-state index is 0.0729. The number of rotatable bonds is 5. The Bertz CT molecular complexity index is 765. The van der Waals surface area contributed by atoms with E-state index in [-0.39, 0.29) is 18.4 Å². The minimum atomic E-state index is -0.124. The number of hydrogen-bond acceptors (Lipinski definition) is 3. The van der Waals surface area contributed by atoms with Crippen molar-refractivity contribution in [3.05, 3.63) is 59.7 Å². The van der Waals surface area contributed by atoms with Gasteiger partial charge in [-0.3, -0.25) is 9.59 Å². The Morgan fingerprint density at radius 1 is 0.962 bits per heavy atom. The van der Waals surface area contributed by atoms with Crippen molar-refractivity contribution in [3.63, 3.8) is 0 Å². The van der Waals surface area contributed by atoms with Crippen LogP contribution >= 0.6 is 0 Å². The normalized spacial score (nSPS) is 14.0. The highest BCUT2D eigenvalue weighted by molar-refractivity contribution is 5.96. The molecule has 0 atom stereocenters. The van der Waals surface area contributed by atoms with Gasteiger partial charge >= 0.3 is 0 Å². The van der Waals surface area contributed by atoms with E-state index in [1.54, 1.807) is 24.3 Å². The van der Waals surface area contributed by atoms with Crippen molar-refractivity contribution in [2.75, 3.05) is 30.3 Å². The highest BCUT2D eigenvalue weighted by atomic mass is 16.2. The Morgan fingerprint density at radius 3 is 2.38 bits per heavy atom. The first-order valence-electron chi connectivity index (χ1n) is 9.11. The summed E-state index contributed by atoms with van der Waals surface area (Å²) in [6, 6.07) is 15.0. The molecular weight excluding hydrogens is 326 g/mol. The molecule has 26 heavy (non-hydrogen) atoms. The number of hydrogen-bond donors (Lipinski definition) is 2. The zero-order valence-corrected chi connectivity index (χ0v) is 15.1. The molecular formula is C21H25N3O2. The summed E-state index contributed by atoms with van der Waals surface area (Å²) in [5.41, 5.74) is 3.42. The predicted molar refractivity (Wildman–Crippen MR) is 104 cm³/mol. The van der Waals surface area contributed by atoms with Gasteiger partial charge in [0.05, 0.1) is 6.54 Å². The van der Waals surface area contributed by atoms with Gasteiger partial charge in [-0.15, -0.1) is 0 Å². The van der Waals surface area contributed by atoms with Gasteiger partial charge in [-0.25, -0.2) is 0 Å². The summed E-state index contributed by atoms with van der Waals surface area (Å²) in [4.78, 5) is 26.4. The maximum absolute atomic E-state index is 12.4. The highest BCUT2D eigenvalue weighted by Crippen LogP contribution is 2.16. The Kier molecular flexibility index (Phi) is 5.89. The van der Waals surface area contributed by atoms with Crippen LogP contribution in [-0.4, -0.2) is 36.3 Å².